The van der Waals surface area contributed by atoms with Gasteiger partial charge in [-0.05, 0) is 41.8 Å². The zero-order chi connectivity index (χ0) is 20.8. The van der Waals surface area contributed by atoms with Gasteiger partial charge in [0.2, 0.25) is 0 Å². The van der Waals surface area contributed by atoms with E-state index in [9.17, 15) is 4.79 Å². The molecule has 0 aliphatic carbocycles. The number of benzene rings is 3. The van der Waals surface area contributed by atoms with Crippen molar-refractivity contribution in [2.24, 2.45) is 0 Å². The Labute approximate surface area is 178 Å². The van der Waals surface area contributed by atoms with Crippen LogP contribution in [0.15, 0.2) is 78.9 Å². The summed E-state index contributed by atoms with van der Waals surface area (Å²) in [6.07, 6.45) is 3.20. The Hall–Kier alpha value is -3.27. The van der Waals surface area contributed by atoms with Crippen LogP contribution in [0.1, 0.15) is 53.8 Å². The third-order valence-corrected chi connectivity index (χ3v) is 5.43. The van der Waals surface area contributed by atoms with Gasteiger partial charge in [-0.2, -0.15) is 0 Å². The summed E-state index contributed by atoms with van der Waals surface area (Å²) in [6.45, 7) is 3.47. The number of ether oxygens (including phenoxy) is 1. The fraction of sp³-hybridized carbons (Fsp3) is 0.269. The Bertz CT molecular complexity index is 970. The Kier molecular flexibility index (Phi) is 6.33. The normalized spacial score (nSPS) is 15.4. The topological polar surface area (TPSA) is 41.6 Å². The number of amides is 1. The number of para-hydroxylation sites is 1. The molecule has 154 valence electrons. The maximum atomic E-state index is 13.3. The number of carbonyl (C=O) groups excluding carboxylic acids is 1. The van der Waals surface area contributed by atoms with Gasteiger partial charge < -0.3 is 15.0 Å². The molecule has 0 spiro atoms. The van der Waals surface area contributed by atoms with Gasteiger partial charge in [0.25, 0.3) is 5.91 Å². The molecule has 0 saturated heterocycles. The predicted molar refractivity (Wildman–Crippen MR) is 121 cm³/mol. The first-order chi connectivity index (χ1) is 14.8. The third kappa shape index (κ3) is 4.48. The van der Waals surface area contributed by atoms with E-state index >= 15 is 0 Å². The maximum Gasteiger partial charge on any atom is 0.258 e. The average molecular weight is 401 g/mol. The highest BCUT2D eigenvalue weighted by molar-refractivity contribution is 6.01. The lowest BCUT2D eigenvalue weighted by atomic mass is 10.0. The van der Waals surface area contributed by atoms with Crippen LogP contribution in [0.4, 0.5) is 5.69 Å². The molecular weight excluding hydrogens is 372 g/mol. The molecule has 1 aliphatic rings. The Morgan fingerprint density at radius 3 is 2.40 bits per heavy atom. The van der Waals surface area contributed by atoms with Gasteiger partial charge in [0.15, 0.2) is 0 Å². The molecule has 4 nitrogen and oxygen atoms in total. The molecule has 3 aromatic carbocycles. The van der Waals surface area contributed by atoms with Gasteiger partial charge in [0.05, 0.1) is 12.2 Å². The summed E-state index contributed by atoms with van der Waals surface area (Å²) in [6, 6.07) is 25.9. The molecule has 1 amide bonds. The number of carbonyl (C=O) groups is 1. The van der Waals surface area contributed by atoms with E-state index < -0.39 is 0 Å². The van der Waals surface area contributed by atoms with Gasteiger partial charge in [-0.1, -0.05) is 74.4 Å². The van der Waals surface area contributed by atoms with Crippen LogP contribution >= 0.6 is 0 Å². The lowest BCUT2D eigenvalue weighted by Crippen LogP contribution is -2.42. The van der Waals surface area contributed by atoms with E-state index in [1.54, 1.807) is 0 Å². The lowest BCUT2D eigenvalue weighted by molar-refractivity contribution is 0.0666. The first-order valence-electron chi connectivity index (χ1n) is 10.7. The quantitative estimate of drug-likeness (QED) is 0.470. The van der Waals surface area contributed by atoms with Crippen LogP contribution < -0.4 is 10.1 Å². The Balaban J connectivity index is 1.58. The molecule has 1 N–H and O–H groups in total. The van der Waals surface area contributed by atoms with E-state index in [1.807, 2.05) is 71.6 Å². The van der Waals surface area contributed by atoms with Crippen molar-refractivity contribution in [2.45, 2.75) is 38.9 Å². The van der Waals surface area contributed by atoms with E-state index in [0.717, 1.165) is 35.6 Å². The van der Waals surface area contributed by atoms with Gasteiger partial charge in [0, 0.05) is 12.2 Å². The van der Waals surface area contributed by atoms with Crippen LogP contribution in [-0.4, -0.2) is 17.4 Å². The molecule has 0 fully saturated rings. The minimum Gasteiger partial charge on any atom is -0.494 e. The highest BCUT2D eigenvalue weighted by Gasteiger charge is 2.32. The molecular formula is C26H28N2O2. The van der Waals surface area contributed by atoms with Crippen molar-refractivity contribution in [1.29, 1.82) is 0 Å². The summed E-state index contributed by atoms with van der Waals surface area (Å²) >= 11 is 0. The minimum absolute atomic E-state index is 0.0399. The van der Waals surface area contributed by atoms with Crippen LogP contribution in [0.5, 0.6) is 5.75 Å². The largest absolute Gasteiger partial charge is 0.494 e. The van der Waals surface area contributed by atoms with Gasteiger partial charge in [-0.25, -0.2) is 0 Å². The van der Waals surface area contributed by atoms with E-state index in [2.05, 4.69) is 24.4 Å². The molecule has 1 aliphatic heterocycles. The Morgan fingerprint density at radius 2 is 1.63 bits per heavy atom. The van der Waals surface area contributed by atoms with Crippen molar-refractivity contribution in [3.8, 4) is 5.75 Å². The van der Waals surface area contributed by atoms with Crippen molar-refractivity contribution >= 4 is 11.6 Å². The summed E-state index contributed by atoms with van der Waals surface area (Å²) in [5, 5.41) is 3.56. The van der Waals surface area contributed by atoms with Crippen molar-refractivity contribution in [2.75, 3.05) is 11.9 Å². The van der Waals surface area contributed by atoms with Gasteiger partial charge in [0.1, 0.15) is 11.9 Å². The average Bonchev–Trinajstić information content (AvgIpc) is 2.80. The zero-order valence-corrected chi connectivity index (χ0v) is 17.4. The number of anilines is 1. The van der Waals surface area contributed by atoms with Gasteiger partial charge in [-0.3, -0.25) is 4.79 Å². The second kappa shape index (κ2) is 9.49. The van der Waals surface area contributed by atoms with Crippen molar-refractivity contribution in [1.82, 2.24) is 4.90 Å². The second-order valence-corrected chi connectivity index (χ2v) is 7.64. The molecule has 4 rings (SSSR count). The van der Waals surface area contributed by atoms with E-state index in [0.29, 0.717) is 12.1 Å². The summed E-state index contributed by atoms with van der Waals surface area (Å²) in [4.78, 5) is 15.2. The molecule has 0 radical (unpaired) electrons. The van der Waals surface area contributed by atoms with Crippen molar-refractivity contribution in [3.63, 3.8) is 0 Å². The second-order valence-electron chi connectivity index (χ2n) is 7.64. The molecule has 0 saturated carbocycles. The number of hydrogen-bond acceptors (Lipinski definition) is 3. The Morgan fingerprint density at radius 1 is 0.900 bits per heavy atom. The molecule has 3 aromatic rings. The number of fused-ring (bicyclic) bond motifs is 1. The van der Waals surface area contributed by atoms with Crippen LogP contribution in [0.25, 0.3) is 0 Å². The van der Waals surface area contributed by atoms with Crippen molar-refractivity contribution < 1.29 is 9.53 Å². The van der Waals surface area contributed by atoms with Crippen LogP contribution in [-0.2, 0) is 6.54 Å². The monoisotopic (exact) mass is 400 g/mol. The SMILES string of the molecule is CCCCCOc1ccc(C2Nc3ccccc3C(=O)N2Cc2ccccc2)cc1. The van der Waals surface area contributed by atoms with E-state index in [-0.39, 0.29) is 12.1 Å². The van der Waals surface area contributed by atoms with Crippen LogP contribution in [0.3, 0.4) is 0 Å². The predicted octanol–water partition coefficient (Wildman–Crippen LogP) is 6.02. The highest BCUT2D eigenvalue weighted by Crippen LogP contribution is 2.34. The number of unbranched alkanes of at least 4 members (excludes halogenated alkanes) is 2. The van der Waals surface area contributed by atoms with E-state index in [1.165, 1.54) is 12.8 Å². The summed E-state index contributed by atoms with van der Waals surface area (Å²) in [5.74, 6) is 0.907. The lowest BCUT2D eigenvalue weighted by Gasteiger charge is -2.38. The molecule has 30 heavy (non-hydrogen) atoms. The number of hydrogen-bond donors (Lipinski definition) is 1. The first kappa shape index (κ1) is 20.0. The summed E-state index contributed by atoms with van der Waals surface area (Å²) in [5.41, 5.74) is 3.72. The molecule has 0 aromatic heterocycles. The molecule has 4 heteroatoms. The number of nitrogens with zero attached hydrogens (tertiary/aromatic N) is 1. The summed E-state index contributed by atoms with van der Waals surface area (Å²) < 4.78 is 5.85. The van der Waals surface area contributed by atoms with Crippen molar-refractivity contribution in [3.05, 3.63) is 95.6 Å². The zero-order valence-electron chi connectivity index (χ0n) is 17.4. The molecule has 0 bridgehead atoms. The number of nitrogens with one attached hydrogen (secondary N) is 1. The standard InChI is InChI=1S/C26H28N2O2/c1-2-3-9-18-30-22-16-14-21(15-17-22)25-27-24-13-8-7-12-23(24)26(29)28(25)19-20-10-5-4-6-11-20/h4-8,10-17,25,27H,2-3,9,18-19H2,1H3. The molecule has 1 unspecified atom stereocenters. The van der Waals surface area contributed by atoms with Gasteiger partial charge in [-0.15, -0.1) is 0 Å². The van der Waals surface area contributed by atoms with Crippen LogP contribution in [0, 0.1) is 0 Å². The van der Waals surface area contributed by atoms with Crippen LogP contribution in [0.2, 0.25) is 0 Å². The fourth-order valence-corrected chi connectivity index (χ4v) is 3.79. The highest BCUT2D eigenvalue weighted by atomic mass is 16.5. The maximum absolute atomic E-state index is 13.3. The number of rotatable bonds is 8. The molecule has 1 heterocycles. The fourth-order valence-electron chi connectivity index (χ4n) is 3.79. The van der Waals surface area contributed by atoms with E-state index in [4.69, 9.17) is 4.74 Å². The third-order valence-electron chi connectivity index (χ3n) is 5.43. The van der Waals surface area contributed by atoms with Gasteiger partial charge >= 0.3 is 0 Å². The minimum atomic E-state index is -0.234. The first-order valence-corrected chi connectivity index (χ1v) is 10.7. The summed E-state index contributed by atoms with van der Waals surface area (Å²) in [7, 11) is 0. The molecule has 1 atom stereocenters. The smallest absolute Gasteiger partial charge is 0.258 e.